The molecule has 1 N–H and O–H groups in total. The third-order valence-electron chi connectivity index (χ3n) is 6.21. The number of hydrogen-bond donors (Lipinski definition) is 1. The maximum atomic E-state index is 13.3. The van der Waals surface area contributed by atoms with Gasteiger partial charge in [0.2, 0.25) is 0 Å². The number of likely N-dealkylation sites (tertiary alicyclic amines) is 1. The second-order valence-corrected chi connectivity index (χ2v) is 8.48. The van der Waals surface area contributed by atoms with Gasteiger partial charge in [0.25, 0.3) is 0 Å². The van der Waals surface area contributed by atoms with Gasteiger partial charge in [-0.3, -0.25) is 0 Å². The number of urea groups is 1. The smallest absolute Gasteiger partial charge is 0.317 e. The van der Waals surface area contributed by atoms with Gasteiger partial charge >= 0.3 is 6.03 Å². The van der Waals surface area contributed by atoms with E-state index in [9.17, 15) is 4.79 Å². The molecule has 1 fully saturated rings. The summed E-state index contributed by atoms with van der Waals surface area (Å²) in [6, 6.07) is 20.7. The first-order valence-corrected chi connectivity index (χ1v) is 11.4. The molecule has 0 radical (unpaired) electrons. The molecule has 1 atom stereocenters. The number of rotatable bonds is 8. The van der Waals surface area contributed by atoms with Crippen LogP contribution < -0.4 is 5.32 Å². The Morgan fingerprint density at radius 3 is 2.42 bits per heavy atom. The van der Waals surface area contributed by atoms with E-state index >= 15 is 0 Å². The molecule has 2 aromatic carbocycles. The number of carbonyl (C=O) groups excluding carboxylic acids is 1. The van der Waals surface area contributed by atoms with Crippen LogP contribution >= 0.6 is 0 Å². The third kappa shape index (κ3) is 6.57. The lowest BCUT2D eigenvalue weighted by molar-refractivity contribution is 0.0989. The fourth-order valence-corrected chi connectivity index (χ4v) is 4.38. The van der Waals surface area contributed by atoms with Gasteiger partial charge < -0.3 is 15.1 Å². The molecule has 0 aliphatic carbocycles. The van der Waals surface area contributed by atoms with Crippen LogP contribution in [0.4, 0.5) is 10.5 Å². The van der Waals surface area contributed by atoms with Gasteiger partial charge in [0.05, 0.1) is 12.5 Å². The lowest BCUT2D eigenvalue weighted by Crippen LogP contribution is -2.50. The minimum atomic E-state index is -0.0584. The third-order valence-corrected chi connectivity index (χ3v) is 6.21. The molecule has 0 spiro atoms. The van der Waals surface area contributed by atoms with Gasteiger partial charge in [-0.2, -0.15) is 5.26 Å². The summed E-state index contributed by atoms with van der Waals surface area (Å²) >= 11 is 0. The van der Waals surface area contributed by atoms with Crippen molar-refractivity contribution in [2.45, 2.75) is 64.6 Å². The van der Waals surface area contributed by atoms with Crippen molar-refractivity contribution in [2.24, 2.45) is 0 Å². The molecule has 5 nitrogen and oxygen atoms in total. The summed E-state index contributed by atoms with van der Waals surface area (Å²) in [6.45, 7) is 7.23. The van der Waals surface area contributed by atoms with Crippen LogP contribution in [0.15, 0.2) is 54.6 Å². The molecule has 0 saturated carbocycles. The van der Waals surface area contributed by atoms with Gasteiger partial charge in [0, 0.05) is 37.4 Å². The van der Waals surface area contributed by atoms with E-state index in [0.29, 0.717) is 19.0 Å². The maximum Gasteiger partial charge on any atom is 0.322 e. The molecular weight excluding hydrogens is 384 g/mol. The standard InChI is InChI=1S/C26H34N4O/c1-3-7-21(2)29-18-15-25(16-19-29)30(20-23-8-5-4-6-9-23)26(31)28-24-12-10-22(11-13-24)14-17-27/h4-6,8-13,21,25H,3,7,14-16,18-20H2,1-2H3,(H,28,31). The zero-order valence-corrected chi connectivity index (χ0v) is 18.8. The number of nitrogens with zero attached hydrogens (tertiary/aromatic N) is 3. The van der Waals surface area contributed by atoms with Crippen molar-refractivity contribution in [3.8, 4) is 6.07 Å². The van der Waals surface area contributed by atoms with E-state index in [4.69, 9.17) is 5.26 Å². The van der Waals surface area contributed by atoms with Crippen molar-refractivity contribution in [1.82, 2.24) is 9.80 Å². The van der Waals surface area contributed by atoms with Crippen molar-refractivity contribution in [3.05, 3.63) is 65.7 Å². The van der Waals surface area contributed by atoms with Gasteiger partial charge in [-0.05, 0) is 49.4 Å². The zero-order chi connectivity index (χ0) is 22.1. The second kappa shape index (κ2) is 11.5. The van der Waals surface area contributed by atoms with Crippen molar-refractivity contribution in [1.29, 1.82) is 5.26 Å². The molecule has 1 aliphatic rings. The Hall–Kier alpha value is -2.84. The van der Waals surface area contributed by atoms with Crippen LogP contribution in [0.25, 0.3) is 0 Å². The van der Waals surface area contributed by atoms with Crippen LogP contribution in [0.1, 0.15) is 50.7 Å². The first-order chi connectivity index (χ1) is 15.1. The SMILES string of the molecule is CCCC(C)N1CCC(N(Cc2ccccc2)C(=O)Nc2ccc(CC#N)cc2)CC1. The normalized spacial score (nSPS) is 15.8. The van der Waals surface area contributed by atoms with Gasteiger partial charge in [-0.25, -0.2) is 4.79 Å². The molecular formula is C26H34N4O. The Morgan fingerprint density at radius 2 is 1.81 bits per heavy atom. The van der Waals surface area contributed by atoms with Crippen molar-refractivity contribution in [3.63, 3.8) is 0 Å². The highest BCUT2D eigenvalue weighted by atomic mass is 16.2. The summed E-state index contributed by atoms with van der Waals surface area (Å²) in [5, 5.41) is 11.9. The molecule has 0 bridgehead atoms. The summed E-state index contributed by atoms with van der Waals surface area (Å²) in [5.41, 5.74) is 2.86. The largest absolute Gasteiger partial charge is 0.322 e. The van der Waals surface area contributed by atoms with Crippen LogP contribution in [0.5, 0.6) is 0 Å². The maximum absolute atomic E-state index is 13.3. The molecule has 1 unspecified atom stereocenters. The number of amides is 2. The van der Waals surface area contributed by atoms with Crippen LogP contribution in [0.3, 0.4) is 0 Å². The van der Waals surface area contributed by atoms with E-state index in [0.717, 1.165) is 42.7 Å². The van der Waals surface area contributed by atoms with Gasteiger partial charge in [-0.15, -0.1) is 0 Å². The minimum Gasteiger partial charge on any atom is -0.317 e. The highest BCUT2D eigenvalue weighted by Gasteiger charge is 2.29. The lowest BCUT2D eigenvalue weighted by Gasteiger charge is -2.40. The summed E-state index contributed by atoms with van der Waals surface area (Å²) < 4.78 is 0. The number of nitrogens with one attached hydrogen (secondary N) is 1. The Bertz CT molecular complexity index is 851. The highest BCUT2D eigenvalue weighted by molar-refractivity contribution is 5.89. The van der Waals surface area contributed by atoms with E-state index in [-0.39, 0.29) is 12.1 Å². The van der Waals surface area contributed by atoms with Crippen LogP contribution in [0.2, 0.25) is 0 Å². The first-order valence-electron chi connectivity index (χ1n) is 11.4. The molecule has 1 aliphatic heterocycles. The number of nitriles is 1. The zero-order valence-electron chi connectivity index (χ0n) is 18.8. The van der Waals surface area contributed by atoms with E-state index in [1.165, 1.54) is 12.8 Å². The molecule has 3 rings (SSSR count). The van der Waals surface area contributed by atoms with Crippen molar-refractivity contribution >= 4 is 11.7 Å². The average Bonchev–Trinajstić information content (AvgIpc) is 2.80. The van der Waals surface area contributed by atoms with E-state index in [2.05, 4.69) is 42.3 Å². The van der Waals surface area contributed by atoms with E-state index in [1.807, 2.05) is 47.4 Å². The van der Waals surface area contributed by atoms with Crippen LogP contribution in [0, 0.1) is 11.3 Å². The molecule has 5 heteroatoms. The Morgan fingerprint density at radius 1 is 1.13 bits per heavy atom. The predicted molar refractivity (Wildman–Crippen MR) is 126 cm³/mol. The monoisotopic (exact) mass is 418 g/mol. The number of hydrogen-bond acceptors (Lipinski definition) is 3. The fourth-order valence-electron chi connectivity index (χ4n) is 4.38. The second-order valence-electron chi connectivity index (χ2n) is 8.48. The van der Waals surface area contributed by atoms with Crippen LogP contribution in [-0.2, 0) is 13.0 Å². The summed E-state index contributed by atoms with van der Waals surface area (Å²) in [4.78, 5) is 17.9. The lowest BCUT2D eigenvalue weighted by atomic mass is 10.00. The van der Waals surface area contributed by atoms with E-state index < -0.39 is 0 Å². The number of carbonyl (C=O) groups is 1. The van der Waals surface area contributed by atoms with Crippen LogP contribution in [-0.4, -0.2) is 41.0 Å². The van der Waals surface area contributed by atoms with E-state index in [1.54, 1.807) is 0 Å². The molecule has 2 amide bonds. The first kappa shape index (κ1) is 22.8. The molecule has 0 aromatic heterocycles. The highest BCUT2D eigenvalue weighted by Crippen LogP contribution is 2.23. The predicted octanol–water partition coefficient (Wildman–Crippen LogP) is 5.44. The summed E-state index contributed by atoms with van der Waals surface area (Å²) in [7, 11) is 0. The molecule has 2 aromatic rings. The fraction of sp³-hybridized carbons (Fsp3) is 0.462. The number of benzene rings is 2. The molecule has 164 valence electrons. The Balaban J connectivity index is 1.69. The summed E-state index contributed by atoms with van der Waals surface area (Å²) in [6.07, 6.45) is 4.80. The quantitative estimate of drug-likeness (QED) is 0.621. The van der Waals surface area contributed by atoms with Gasteiger partial charge in [0.1, 0.15) is 0 Å². The molecule has 1 heterocycles. The van der Waals surface area contributed by atoms with Crippen molar-refractivity contribution < 1.29 is 4.79 Å². The number of anilines is 1. The molecule has 31 heavy (non-hydrogen) atoms. The average molecular weight is 419 g/mol. The van der Waals surface area contributed by atoms with Crippen molar-refractivity contribution in [2.75, 3.05) is 18.4 Å². The Labute approximate surface area is 186 Å². The van der Waals surface area contributed by atoms with Gasteiger partial charge in [0.15, 0.2) is 0 Å². The minimum absolute atomic E-state index is 0.0584. The van der Waals surface area contributed by atoms with Gasteiger partial charge in [-0.1, -0.05) is 55.8 Å². The molecule has 1 saturated heterocycles. The Kier molecular flexibility index (Phi) is 8.49. The summed E-state index contributed by atoms with van der Waals surface area (Å²) in [5.74, 6) is 0. The topological polar surface area (TPSA) is 59.4 Å². The number of piperidine rings is 1.